The molecule has 4 heteroatoms. The second kappa shape index (κ2) is 5.19. The lowest BCUT2D eigenvalue weighted by Gasteiger charge is -2.24. The lowest BCUT2D eigenvalue weighted by Crippen LogP contribution is -2.31. The number of hydrogen-bond donors (Lipinski definition) is 1. The van der Waals surface area contributed by atoms with Crippen LogP contribution in [0.2, 0.25) is 0 Å². The predicted molar refractivity (Wildman–Crippen MR) is 69.1 cm³/mol. The molecular weight excluding hydrogens is 234 g/mol. The zero-order valence-corrected chi connectivity index (χ0v) is 10.9. The summed E-state index contributed by atoms with van der Waals surface area (Å²) in [6, 6.07) is 9.81. The number of sulfonamides is 1. The van der Waals surface area contributed by atoms with Gasteiger partial charge in [0.2, 0.25) is 10.0 Å². The van der Waals surface area contributed by atoms with Crippen molar-refractivity contribution in [2.24, 2.45) is 5.92 Å². The van der Waals surface area contributed by atoms with Gasteiger partial charge in [0, 0.05) is 6.04 Å². The highest BCUT2D eigenvalue weighted by Gasteiger charge is 2.28. The Morgan fingerprint density at radius 3 is 2.29 bits per heavy atom. The average Bonchev–Trinajstić information content (AvgIpc) is 2.79. The van der Waals surface area contributed by atoms with Crippen molar-refractivity contribution in [1.82, 2.24) is 4.72 Å². The van der Waals surface area contributed by atoms with Gasteiger partial charge < -0.3 is 0 Å². The van der Waals surface area contributed by atoms with Crippen LogP contribution in [0, 0.1) is 5.92 Å². The fraction of sp³-hybridized carbons (Fsp3) is 0.538. The molecule has 0 aromatic heterocycles. The smallest absolute Gasteiger partial charge is 0.209 e. The van der Waals surface area contributed by atoms with Crippen LogP contribution in [0.3, 0.4) is 0 Å². The number of hydrogen-bond acceptors (Lipinski definition) is 2. The van der Waals surface area contributed by atoms with Gasteiger partial charge in [0.1, 0.15) is 0 Å². The van der Waals surface area contributed by atoms with Crippen molar-refractivity contribution >= 4 is 10.0 Å². The molecular formula is C13H19NO2S. The molecule has 94 valence electrons. The van der Waals surface area contributed by atoms with Crippen molar-refractivity contribution in [3.05, 3.63) is 35.9 Å². The average molecular weight is 253 g/mol. The Morgan fingerprint density at radius 1 is 1.18 bits per heavy atom. The Balaban J connectivity index is 2.23. The van der Waals surface area contributed by atoms with E-state index in [1.807, 2.05) is 30.3 Å². The third kappa shape index (κ3) is 3.54. The lowest BCUT2D eigenvalue weighted by molar-refractivity contribution is 0.411. The van der Waals surface area contributed by atoms with Gasteiger partial charge in [-0.15, -0.1) is 0 Å². The van der Waals surface area contributed by atoms with Crippen molar-refractivity contribution < 1.29 is 8.42 Å². The van der Waals surface area contributed by atoms with E-state index in [1.54, 1.807) is 0 Å². The van der Waals surface area contributed by atoms with Crippen molar-refractivity contribution in [1.29, 1.82) is 0 Å². The maximum absolute atomic E-state index is 11.5. The van der Waals surface area contributed by atoms with Crippen LogP contribution in [-0.4, -0.2) is 14.7 Å². The van der Waals surface area contributed by atoms with Gasteiger partial charge in [-0.3, -0.25) is 0 Å². The Hall–Kier alpha value is -0.870. The molecule has 1 atom stereocenters. The van der Waals surface area contributed by atoms with Gasteiger partial charge in [0.15, 0.2) is 0 Å². The molecule has 0 radical (unpaired) electrons. The molecule has 1 unspecified atom stereocenters. The SMILES string of the molecule is CS(=O)(=O)NC(c1ccccc1)C1CCCC1. The van der Waals surface area contributed by atoms with Crippen molar-refractivity contribution in [2.45, 2.75) is 31.7 Å². The monoisotopic (exact) mass is 253 g/mol. The Labute approximate surface area is 103 Å². The second-order valence-corrected chi connectivity index (χ2v) is 6.60. The van der Waals surface area contributed by atoms with E-state index in [-0.39, 0.29) is 6.04 Å². The molecule has 1 aromatic carbocycles. The molecule has 1 fully saturated rings. The molecule has 2 rings (SSSR count). The summed E-state index contributed by atoms with van der Waals surface area (Å²) >= 11 is 0. The fourth-order valence-electron chi connectivity index (χ4n) is 2.62. The van der Waals surface area contributed by atoms with Crippen LogP contribution in [0.1, 0.15) is 37.3 Å². The van der Waals surface area contributed by atoms with Crippen LogP contribution in [-0.2, 0) is 10.0 Å². The van der Waals surface area contributed by atoms with Crippen LogP contribution >= 0.6 is 0 Å². The highest BCUT2D eigenvalue weighted by molar-refractivity contribution is 7.88. The molecule has 1 aromatic rings. The van der Waals surface area contributed by atoms with Crippen molar-refractivity contribution in [3.8, 4) is 0 Å². The number of rotatable bonds is 4. The molecule has 0 heterocycles. The van der Waals surface area contributed by atoms with E-state index in [0.29, 0.717) is 5.92 Å². The van der Waals surface area contributed by atoms with Crippen LogP contribution < -0.4 is 4.72 Å². The van der Waals surface area contributed by atoms with E-state index < -0.39 is 10.0 Å². The largest absolute Gasteiger partial charge is 0.213 e. The molecule has 1 saturated carbocycles. The van der Waals surface area contributed by atoms with E-state index in [2.05, 4.69) is 4.72 Å². The Bertz CT molecular complexity index is 450. The first-order chi connectivity index (χ1) is 8.06. The van der Waals surface area contributed by atoms with E-state index in [1.165, 1.54) is 19.1 Å². The minimum atomic E-state index is -3.16. The van der Waals surface area contributed by atoms with Gasteiger partial charge in [-0.05, 0) is 24.3 Å². The molecule has 1 aliphatic carbocycles. The van der Waals surface area contributed by atoms with Gasteiger partial charge in [-0.2, -0.15) is 0 Å². The maximum atomic E-state index is 11.5. The highest BCUT2D eigenvalue weighted by atomic mass is 32.2. The summed E-state index contributed by atoms with van der Waals surface area (Å²) in [5.74, 6) is 0.437. The highest BCUT2D eigenvalue weighted by Crippen LogP contribution is 2.35. The van der Waals surface area contributed by atoms with Crippen LogP contribution in [0.25, 0.3) is 0 Å². The predicted octanol–water partition coefficient (Wildman–Crippen LogP) is 2.47. The minimum absolute atomic E-state index is 0.0614. The zero-order valence-electron chi connectivity index (χ0n) is 10.1. The first-order valence-corrected chi connectivity index (χ1v) is 7.97. The first-order valence-electron chi connectivity index (χ1n) is 6.08. The summed E-state index contributed by atoms with van der Waals surface area (Å²) in [7, 11) is -3.16. The number of nitrogens with one attached hydrogen (secondary N) is 1. The van der Waals surface area contributed by atoms with Gasteiger partial charge in [0.25, 0.3) is 0 Å². The van der Waals surface area contributed by atoms with Crippen molar-refractivity contribution in [3.63, 3.8) is 0 Å². The van der Waals surface area contributed by atoms with E-state index in [9.17, 15) is 8.42 Å². The quantitative estimate of drug-likeness (QED) is 0.896. The minimum Gasteiger partial charge on any atom is -0.213 e. The lowest BCUT2D eigenvalue weighted by atomic mass is 9.93. The van der Waals surface area contributed by atoms with E-state index in [4.69, 9.17) is 0 Å². The van der Waals surface area contributed by atoms with Gasteiger partial charge in [-0.25, -0.2) is 13.1 Å². The molecule has 0 spiro atoms. The van der Waals surface area contributed by atoms with Crippen molar-refractivity contribution in [2.75, 3.05) is 6.26 Å². The number of benzene rings is 1. The molecule has 1 aliphatic rings. The Morgan fingerprint density at radius 2 is 1.76 bits per heavy atom. The van der Waals surface area contributed by atoms with Crippen LogP contribution in [0.5, 0.6) is 0 Å². The second-order valence-electron chi connectivity index (χ2n) is 4.82. The molecule has 0 saturated heterocycles. The molecule has 1 N–H and O–H groups in total. The summed E-state index contributed by atoms with van der Waals surface area (Å²) < 4.78 is 25.7. The Kier molecular flexibility index (Phi) is 3.84. The maximum Gasteiger partial charge on any atom is 0.209 e. The third-order valence-electron chi connectivity index (χ3n) is 3.37. The standard InChI is InChI=1S/C13H19NO2S/c1-17(15,16)14-13(12-9-5-6-10-12)11-7-3-2-4-8-11/h2-4,7-8,12-14H,5-6,9-10H2,1H3. The molecule has 0 aliphatic heterocycles. The van der Waals surface area contributed by atoms with E-state index >= 15 is 0 Å². The summed E-state index contributed by atoms with van der Waals surface area (Å²) in [5, 5.41) is 0. The normalized spacial score (nSPS) is 19.4. The van der Waals surface area contributed by atoms with Gasteiger partial charge in [0.05, 0.1) is 6.26 Å². The van der Waals surface area contributed by atoms with Crippen LogP contribution in [0.4, 0.5) is 0 Å². The summed E-state index contributed by atoms with van der Waals surface area (Å²) in [6.07, 6.45) is 5.88. The third-order valence-corrected chi connectivity index (χ3v) is 4.05. The molecule has 0 bridgehead atoms. The summed E-state index contributed by atoms with van der Waals surface area (Å²) in [4.78, 5) is 0. The van der Waals surface area contributed by atoms with Crippen LogP contribution in [0.15, 0.2) is 30.3 Å². The summed E-state index contributed by atoms with van der Waals surface area (Å²) in [5.41, 5.74) is 1.07. The first kappa shape index (κ1) is 12.6. The summed E-state index contributed by atoms with van der Waals surface area (Å²) in [6.45, 7) is 0. The molecule has 17 heavy (non-hydrogen) atoms. The zero-order chi connectivity index (χ0) is 12.3. The van der Waals surface area contributed by atoms with Gasteiger partial charge in [-0.1, -0.05) is 43.2 Å². The molecule has 3 nitrogen and oxygen atoms in total. The van der Waals surface area contributed by atoms with E-state index in [0.717, 1.165) is 18.4 Å². The fourth-order valence-corrected chi connectivity index (χ4v) is 3.41. The van der Waals surface area contributed by atoms with Gasteiger partial charge >= 0.3 is 0 Å². The molecule has 0 amide bonds. The topological polar surface area (TPSA) is 46.2 Å².